The van der Waals surface area contributed by atoms with Crippen LogP contribution in [0.4, 0.5) is 0 Å². The third kappa shape index (κ3) is 1.50. The maximum Gasteiger partial charge on any atom is 0.142 e. The van der Waals surface area contributed by atoms with E-state index in [0.717, 1.165) is 5.75 Å². The highest BCUT2D eigenvalue weighted by molar-refractivity contribution is 5.36. The molecule has 0 aromatic heterocycles. The lowest BCUT2D eigenvalue weighted by Crippen LogP contribution is -2.39. The normalized spacial score (nSPS) is 21.9. The summed E-state index contributed by atoms with van der Waals surface area (Å²) in [6.45, 7) is 7.35. The van der Waals surface area contributed by atoms with E-state index < -0.39 is 0 Å². The predicted octanol–water partition coefficient (Wildman–Crippen LogP) is 2.81. The second-order valence-corrected chi connectivity index (χ2v) is 4.10. The lowest BCUT2D eigenvalue weighted by atomic mass is 10.0. The standard InChI is InChI=1S/C12H17NO/c1-9(2)13-8-14-12-7-5-4-6-11(12)10(13)3/h4-7,9-10H,8H2,1-3H3/t10-/m0/s1. The number of fused-ring (bicyclic) bond motifs is 1. The van der Waals surface area contributed by atoms with E-state index in [0.29, 0.717) is 18.8 Å². The zero-order valence-electron chi connectivity index (χ0n) is 9.03. The van der Waals surface area contributed by atoms with Crippen LogP contribution >= 0.6 is 0 Å². The summed E-state index contributed by atoms with van der Waals surface area (Å²) in [5.41, 5.74) is 1.30. The fourth-order valence-electron chi connectivity index (χ4n) is 1.99. The summed E-state index contributed by atoms with van der Waals surface area (Å²) in [7, 11) is 0. The smallest absolute Gasteiger partial charge is 0.142 e. The summed E-state index contributed by atoms with van der Waals surface area (Å²) < 4.78 is 5.69. The van der Waals surface area contributed by atoms with E-state index in [-0.39, 0.29) is 0 Å². The second kappa shape index (κ2) is 3.62. The molecule has 1 aromatic rings. The Labute approximate surface area is 85.5 Å². The molecule has 2 rings (SSSR count). The first kappa shape index (κ1) is 9.53. The van der Waals surface area contributed by atoms with Crippen LogP contribution in [0.2, 0.25) is 0 Å². The third-order valence-electron chi connectivity index (χ3n) is 2.90. The van der Waals surface area contributed by atoms with Crippen LogP contribution in [0.15, 0.2) is 24.3 Å². The molecule has 0 N–H and O–H groups in total. The topological polar surface area (TPSA) is 12.5 Å². The van der Waals surface area contributed by atoms with Gasteiger partial charge in [-0.25, -0.2) is 0 Å². The lowest BCUT2D eigenvalue weighted by Gasteiger charge is -2.37. The Morgan fingerprint density at radius 2 is 2.07 bits per heavy atom. The van der Waals surface area contributed by atoms with Gasteiger partial charge in [0, 0.05) is 17.6 Å². The minimum Gasteiger partial charge on any atom is -0.478 e. The lowest BCUT2D eigenvalue weighted by molar-refractivity contribution is 0.0389. The molecule has 0 bridgehead atoms. The average Bonchev–Trinajstić information content (AvgIpc) is 2.18. The first-order valence-corrected chi connectivity index (χ1v) is 5.17. The van der Waals surface area contributed by atoms with Crippen molar-refractivity contribution in [3.63, 3.8) is 0 Å². The van der Waals surface area contributed by atoms with Crippen molar-refractivity contribution in [2.75, 3.05) is 6.73 Å². The predicted molar refractivity (Wildman–Crippen MR) is 57.3 cm³/mol. The SMILES string of the molecule is CC(C)N1COc2ccccc2[C@@H]1C. The largest absolute Gasteiger partial charge is 0.478 e. The van der Waals surface area contributed by atoms with Crippen molar-refractivity contribution in [1.29, 1.82) is 0 Å². The van der Waals surface area contributed by atoms with Gasteiger partial charge in [-0.1, -0.05) is 18.2 Å². The summed E-state index contributed by atoms with van der Waals surface area (Å²) in [5.74, 6) is 1.04. The molecule has 14 heavy (non-hydrogen) atoms. The van der Waals surface area contributed by atoms with Crippen LogP contribution in [0.1, 0.15) is 32.4 Å². The van der Waals surface area contributed by atoms with Gasteiger partial charge < -0.3 is 4.74 Å². The van der Waals surface area contributed by atoms with Gasteiger partial charge in [0.2, 0.25) is 0 Å². The minimum absolute atomic E-state index is 0.458. The molecular formula is C12H17NO. The molecule has 0 spiro atoms. The molecule has 2 heteroatoms. The summed E-state index contributed by atoms with van der Waals surface area (Å²) in [4.78, 5) is 2.35. The Balaban J connectivity index is 2.31. The number of rotatable bonds is 1. The summed E-state index contributed by atoms with van der Waals surface area (Å²) in [5, 5.41) is 0. The highest BCUT2D eigenvalue weighted by Gasteiger charge is 2.25. The van der Waals surface area contributed by atoms with Gasteiger partial charge in [-0.15, -0.1) is 0 Å². The molecule has 1 aliphatic rings. The molecule has 0 saturated heterocycles. The van der Waals surface area contributed by atoms with Gasteiger partial charge in [0.15, 0.2) is 0 Å². The molecule has 1 aromatic carbocycles. The Morgan fingerprint density at radius 3 is 2.79 bits per heavy atom. The van der Waals surface area contributed by atoms with Crippen molar-refractivity contribution in [2.45, 2.75) is 32.9 Å². The van der Waals surface area contributed by atoms with Crippen LogP contribution in [-0.2, 0) is 0 Å². The highest BCUT2D eigenvalue weighted by atomic mass is 16.5. The van der Waals surface area contributed by atoms with Crippen LogP contribution in [0, 0.1) is 0 Å². The summed E-state index contributed by atoms with van der Waals surface area (Å²) in [6.07, 6.45) is 0. The van der Waals surface area contributed by atoms with Crippen LogP contribution in [0.3, 0.4) is 0 Å². The Hall–Kier alpha value is -1.02. The molecule has 0 amide bonds. The monoisotopic (exact) mass is 191 g/mol. The molecule has 0 radical (unpaired) electrons. The molecule has 1 aliphatic heterocycles. The van der Waals surface area contributed by atoms with Gasteiger partial charge in [0.1, 0.15) is 12.5 Å². The van der Waals surface area contributed by atoms with E-state index in [1.54, 1.807) is 0 Å². The highest BCUT2D eigenvalue weighted by Crippen LogP contribution is 2.34. The molecule has 1 heterocycles. The van der Waals surface area contributed by atoms with E-state index in [1.165, 1.54) is 5.56 Å². The van der Waals surface area contributed by atoms with Gasteiger partial charge >= 0.3 is 0 Å². The van der Waals surface area contributed by atoms with E-state index in [4.69, 9.17) is 4.74 Å². The van der Waals surface area contributed by atoms with E-state index in [9.17, 15) is 0 Å². The van der Waals surface area contributed by atoms with E-state index in [2.05, 4.69) is 37.8 Å². The Kier molecular flexibility index (Phi) is 2.46. The first-order chi connectivity index (χ1) is 6.70. The van der Waals surface area contributed by atoms with Gasteiger partial charge in [-0.05, 0) is 26.8 Å². The van der Waals surface area contributed by atoms with Crippen molar-refractivity contribution in [2.24, 2.45) is 0 Å². The number of hydrogen-bond acceptors (Lipinski definition) is 2. The molecule has 0 saturated carbocycles. The van der Waals surface area contributed by atoms with Gasteiger partial charge in [0.25, 0.3) is 0 Å². The summed E-state index contributed by atoms with van der Waals surface area (Å²) >= 11 is 0. The molecule has 0 fully saturated rings. The molecular weight excluding hydrogens is 174 g/mol. The maximum atomic E-state index is 5.69. The molecule has 1 atom stereocenters. The maximum absolute atomic E-state index is 5.69. The molecule has 0 aliphatic carbocycles. The summed E-state index contributed by atoms with van der Waals surface area (Å²) in [6, 6.07) is 9.27. The van der Waals surface area contributed by atoms with Crippen molar-refractivity contribution >= 4 is 0 Å². The minimum atomic E-state index is 0.458. The third-order valence-corrected chi connectivity index (χ3v) is 2.90. The Bertz CT molecular complexity index is 322. The van der Waals surface area contributed by atoms with Crippen molar-refractivity contribution in [1.82, 2.24) is 4.90 Å². The first-order valence-electron chi connectivity index (χ1n) is 5.17. The zero-order valence-corrected chi connectivity index (χ0v) is 9.03. The fourth-order valence-corrected chi connectivity index (χ4v) is 1.99. The van der Waals surface area contributed by atoms with Crippen molar-refractivity contribution in [3.8, 4) is 5.75 Å². The van der Waals surface area contributed by atoms with Crippen molar-refractivity contribution in [3.05, 3.63) is 29.8 Å². The van der Waals surface area contributed by atoms with Crippen LogP contribution in [0.25, 0.3) is 0 Å². The number of benzene rings is 1. The molecule has 0 unspecified atom stereocenters. The van der Waals surface area contributed by atoms with Crippen LogP contribution in [-0.4, -0.2) is 17.7 Å². The number of nitrogens with zero attached hydrogens (tertiary/aromatic N) is 1. The van der Waals surface area contributed by atoms with Gasteiger partial charge in [0.05, 0.1) is 0 Å². The quantitative estimate of drug-likeness (QED) is 0.676. The van der Waals surface area contributed by atoms with E-state index >= 15 is 0 Å². The van der Waals surface area contributed by atoms with Crippen LogP contribution in [0.5, 0.6) is 5.75 Å². The van der Waals surface area contributed by atoms with Gasteiger partial charge in [-0.3, -0.25) is 4.90 Å². The number of ether oxygens (including phenoxy) is 1. The zero-order chi connectivity index (χ0) is 10.1. The number of para-hydroxylation sites is 1. The molecule has 2 nitrogen and oxygen atoms in total. The Morgan fingerprint density at radius 1 is 1.36 bits per heavy atom. The fraction of sp³-hybridized carbons (Fsp3) is 0.500. The van der Waals surface area contributed by atoms with E-state index in [1.807, 2.05) is 12.1 Å². The molecule has 76 valence electrons. The van der Waals surface area contributed by atoms with Crippen molar-refractivity contribution < 1.29 is 4.74 Å². The van der Waals surface area contributed by atoms with Crippen LogP contribution < -0.4 is 4.74 Å². The second-order valence-electron chi connectivity index (χ2n) is 4.10. The average molecular weight is 191 g/mol. The number of hydrogen-bond donors (Lipinski definition) is 0. The van der Waals surface area contributed by atoms with Gasteiger partial charge in [-0.2, -0.15) is 0 Å².